The first-order valence-electron chi connectivity index (χ1n) is 10.7. The van der Waals surface area contributed by atoms with Gasteiger partial charge in [-0.15, -0.1) is 0 Å². The van der Waals surface area contributed by atoms with Crippen LogP contribution in [0, 0.1) is 12.8 Å². The van der Waals surface area contributed by atoms with Gasteiger partial charge >= 0.3 is 6.03 Å². The van der Waals surface area contributed by atoms with Crippen LogP contribution in [0.1, 0.15) is 12.1 Å². The molecule has 7 nitrogen and oxygen atoms in total. The van der Waals surface area contributed by atoms with E-state index in [0.29, 0.717) is 24.9 Å². The van der Waals surface area contributed by atoms with E-state index in [2.05, 4.69) is 33.9 Å². The molecule has 1 aromatic heterocycles. The molecule has 0 bridgehead atoms. The molecular formula is C24H26N4O3. The summed E-state index contributed by atoms with van der Waals surface area (Å²) < 4.78 is 13.4. The van der Waals surface area contributed by atoms with Crippen LogP contribution in [-0.2, 0) is 6.54 Å². The van der Waals surface area contributed by atoms with Gasteiger partial charge in [-0.3, -0.25) is 0 Å². The second kappa shape index (κ2) is 8.34. The average Bonchev–Trinajstić information content (AvgIpc) is 3.42. The van der Waals surface area contributed by atoms with Crippen molar-refractivity contribution in [2.75, 3.05) is 31.6 Å². The Bertz CT molecular complexity index is 1080. The molecular weight excluding hydrogens is 392 g/mol. The molecule has 2 aromatic carbocycles. The Kier molecular flexibility index (Phi) is 5.24. The van der Waals surface area contributed by atoms with E-state index >= 15 is 0 Å². The SMILES string of the molecule is Cc1cnc(-c2ccccc2)n1CC1CCN(C(=O)Nc2ccc3c(c2)OCCO3)C1. The van der Waals surface area contributed by atoms with Gasteiger partial charge in [0.1, 0.15) is 19.0 Å². The van der Waals surface area contributed by atoms with Gasteiger partial charge in [0.25, 0.3) is 0 Å². The molecule has 0 spiro atoms. The summed E-state index contributed by atoms with van der Waals surface area (Å²) >= 11 is 0. The number of imidazole rings is 1. The lowest BCUT2D eigenvalue weighted by Crippen LogP contribution is -2.33. The van der Waals surface area contributed by atoms with E-state index in [1.807, 2.05) is 47.5 Å². The quantitative estimate of drug-likeness (QED) is 0.690. The van der Waals surface area contributed by atoms with E-state index in [9.17, 15) is 4.79 Å². The van der Waals surface area contributed by atoms with Gasteiger partial charge in [-0.2, -0.15) is 0 Å². The van der Waals surface area contributed by atoms with Crippen LogP contribution in [0.4, 0.5) is 10.5 Å². The van der Waals surface area contributed by atoms with E-state index in [-0.39, 0.29) is 6.03 Å². The Morgan fingerprint density at radius 1 is 1.13 bits per heavy atom. The maximum Gasteiger partial charge on any atom is 0.321 e. The number of urea groups is 1. The van der Waals surface area contributed by atoms with Crippen molar-refractivity contribution in [3.05, 3.63) is 60.4 Å². The number of hydrogen-bond acceptors (Lipinski definition) is 4. The summed E-state index contributed by atoms with van der Waals surface area (Å²) in [5.41, 5.74) is 2.97. The molecule has 1 atom stereocenters. The fourth-order valence-corrected chi connectivity index (χ4v) is 4.26. The number of aromatic nitrogens is 2. The van der Waals surface area contributed by atoms with E-state index < -0.39 is 0 Å². The molecule has 7 heteroatoms. The number of fused-ring (bicyclic) bond motifs is 1. The molecule has 0 radical (unpaired) electrons. The van der Waals surface area contributed by atoms with E-state index in [1.165, 1.54) is 0 Å². The minimum absolute atomic E-state index is 0.0789. The normalized spacial score (nSPS) is 17.6. The van der Waals surface area contributed by atoms with Gasteiger partial charge < -0.3 is 24.3 Å². The van der Waals surface area contributed by atoms with Crippen molar-refractivity contribution in [1.29, 1.82) is 0 Å². The van der Waals surface area contributed by atoms with Crippen molar-refractivity contribution in [1.82, 2.24) is 14.5 Å². The molecule has 2 amide bonds. The summed E-state index contributed by atoms with van der Waals surface area (Å²) in [6.07, 6.45) is 2.89. The minimum atomic E-state index is -0.0789. The number of benzene rings is 2. The standard InChI is InChI=1S/C24H26N4O3/c1-17-14-25-23(19-5-3-2-4-6-19)28(17)16-18-9-10-27(15-18)24(29)26-20-7-8-21-22(13-20)31-12-11-30-21/h2-8,13-14,18H,9-12,15-16H2,1H3,(H,26,29). The molecule has 1 saturated heterocycles. The number of aryl methyl sites for hydroxylation is 1. The van der Waals surface area contributed by atoms with Crippen molar-refractivity contribution in [3.63, 3.8) is 0 Å². The average molecular weight is 418 g/mol. The zero-order valence-electron chi connectivity index (χ0n) is 17.6. The number of rotatable bonds is 4. The van der Waals surface area contributed by atoms with E-state index in [0.717, 1.165) is 54.6 Å². The zero-order valence-corrected chi connectivity index (χ0v) is 17.6. The summed E-state index contributed by atoms with van der Waals surface area (Å²) in [5, 5.41) is 2.99. The third-order valence-electron chi connectivity index (χ3n) is 5.89. The summed E-state index contributed by atoms with van der Waals surface area (Å²) in [5.74, 6) is 2.77. The first kappa shape index (κ1) is 19.5. The number of nitrogens with one attached hydrogen (secondary N) is 1. The topological polar surface area (TPSA) is 68.6 Å². The molecule has 5 rings (SSSR count). The summed E-state index contributed by atoms with van der Waals surface area (Å²) in [7, 11) is 0. The zero-order chi connectivity index (χ0) is 21.2. The van der Waals surface area contributed by atoms with E-state index in [4.69, 9.17) is 9.47 Å². The summed E-state index contributed by atoms with van der Waals surface area (Å²) in [6, 6.07) is 15.7. The van der Waals surface area contributed by atoms with Crippen LogP contribution < -0.4 is 14.8 Å². The van der Waals surface area contributed by atoms with E-state index in [1.54, 1.807) is 0 Å². The highest BCUT2D eigenvalue weighted by Gasteiger charge is 2.28. The van der Waals surface area contributed by atoms with Crippen molar-refractivity contribution < 1.29 is 14.3 Å². The van der Waals surface area contributed by atoms with Crippen molar-refractivity contribution >= 4 is 11.7 Å². The molecule has 1 fully saturated rings. The predicted octanol–water partition coefficient (Wildman–Crippen LogP) is 4.18. The number of amides is 2. The van der Waals surface area contributed by atoms with Crippen LogP contribution in [-0.4, -0.2) is 46.8 Å². The molecule has 1 unspecified atom stereocenters. The van der Waals surface area contributed by atoms with Gasteiger partial charge in [-0.25, -0.2) is 9.78 Å². The number of likely N-dealkylation sites (tertiary alicyclic amines) is 1. The van der Waals surface area contributed by atoms with Gasteiger partial charge in [0.05, 0.1) is 0 Å². The second-order valence-corrected chi connectivity index (χ2v) is 8.09. The summed E-state index contributed by atoms with van der Waals surface area (Å²) in [4.78, 5) is 19.3. The highest BCUT2D eigenvalue weighted by Crippen LogP contribution is 2.33. The molecule has 31 heavy (non-hydrogen) atoms. The van der Waals surface area contributed by atoms with Crippen LogP contribution in [0.5, 0.6) is 11.5 Å². The van der Waals surface area contributed by atoms with Crippen LogP contribution in [0.25, 0.3) is 11.4 Å². The lowest BCUT2D eigenvalue weighted by atomic mass is 10.1. The van der Waals surface area contributed by atoms with Crippen LogP contribution in [0.3, 0.4) is 0 Å². The molecule has 3 aromatic rings. The number of carbonyl (C=O) groups is 1. The monoisotopic (exact) mass is 418 g/mol. The third kappa shape index (κ3) is 4.08. The maximum atomic E-state index is 12.8. The molecule has 2 aliphatic heterocycles. The number of anilines is 1. The fourth-order valence-electron chi connectivity index (χ4n) is 4.26. The van der Waals surface area contributed by atoms with Crippen LogP contribution in [0.2, 0.25) is 0 Å². The third-order valence-corrected chi connectivity index (χ3v) is 5.89. The number of nitrogens with zero attached hydrogens (tertiary/aromatic N) is 3. The van der Waals surface area contributed by atoms with Crippen LogP contribution in [0.15, 0.2) is 54.7 Å². The smallest absolute Gasteiger partial charge is 0.321 e. The fraction of sp³-hybridized carbons (Fsp3) is 0.333. The van der Waals surface area contributed by atoms with Gasteiger partial charge in [0.2, 0.25) is 0 Å². The Labute approximate surface area is 181 Å². The van der Waals surface area contributed by atoms with Crippen molar-refractivity contribution in [3.8, 4) is 22.9 Å². The van der Waals surface area contributed by atoms with Crippen LogP contribution >= 0.6 is 0 Å². The Morgan fingerprint density at radius 2 is 1.94 bits per heavy atom. The first-order valence-corrected chi connectivity index (χ1v) is 10.7. The van der Waals surface area contributed by atoms with Gasteiger partial charge in [-0.05, 0) is 31.4 Å². The molecule has 2 aliphatic rings. The highest BCUT2D eigenvalue weighted by molar-refractivity contribution is 5.90. The lowest BCUT2D eigenvalue weighted by molar-refractivity contribution is 0.171. The molecule has 3 heterocycles. The highest BCUT2D eigenvalue weighted by atomic mass is 16.6. The molecule has 0 saturated carbocycles. The van der Waals surface area contributed by atoms with Gasteiger partial charge in [0.15, 0.2) is 11.5 Å². The maximum absolute atomic E-state index is 12.8. The van der Waals surface area contributed by atoms with Gasteiger partial charge in [-0.1, -0.05) is 30.3 Å². The Morgan fingerprint density at radius 3 is 2.77 bits per heavy atom. The van der Waals surface area contributed by atoms with Gasteiger partial charge in [0, 0.05) is 48.8 Å². The van der Waals surface area contributed by atoms with Crippen molar-refractivity contribution in [2.24, 2.45) is 5.92 Å². The number of carbonyl (C=O) groups excluding carboxylic acids is 1. The largest absolute Gasteiger partial charge is 0.486 e. The Hall–Kier alpha value is -3.48. The molecule has 0 aliphatic carbocycles. The molecule has 1 N–H and O–H groups in total. The predicted molar refractivity (Wildman–Crippen MR) is 119 cm³/mol. The Balaban J connectivity index is 1.23. The number of ether oxygens (including phenoxy) is 2. The van der Waals surface area contributed by atoms with Crippen molar-refractivity contribution in [2.45, 2.75) is 19.9 Å². The summed E-state index contributed by atoms with van der Waals surface area (Å²) in [6.45, 7) is 5.48. The second-order valence-electron chi connectivity index (χ2n) is 8.09. The number of hydrogen-bond donors (Lipinski definition) is 1. The minimum Gasteiger partial charge on any atom is -0.486 e. The molecule has 160 valence electrons. The first-order chi connectivity index (χ1) is 15.2. The lowest BCUT2D eigenvalue weighted by Gasteiger charge is -2.21.